The zero-order chi connectivity index (χ0) is 17.4. The molecule has 0 atom stereocenters. The average Bonchev–Trinajstić information content (AvgIpc) is 2.60. The summed E-state index contributed by atoms with van der Waals surface area (Å²) in [5, 5.41) is 4.98. The maximum atomic E-state index is 12.8. The van der Waals surface area contributed by atoms with Crippen molar-refractivity contribution in [3.63, 3.8) is 0 Å². The Morgan fingerprint density at radius 1 is 1.00 bits per heavy atom. The average molecular weight is 330 g/mol. The van der Waals surface area contributed by atoms with E-state index in [1.165, 1.54) is 12.1 Å². The Balaban J connectivity index is 1.82. The Hall–Kier alpha value is -2.89. The lowest BCUT2D eigenvalue weighted by Gasteiger charge is -2.08. The topological polar surface area (TPSA) is 67.4 Å². The molecule has 0 aromatic heterocycles. The summed E-state index contributed by atoms with van der Waals surface area (Å²) in [5.41, 5.74) is 1.20. The first-order chi connectivity index (χ1) is 11.6. The summed E-state index contributed by atoms with van der Waals surface area (Å²) in [5.74, 6) is -1.17. The van der Waals surface area contributed by atoms with Gasteiger partial charge in [-0.25, -0.2) is 4.39 Å². The van der Waals surface area contributed by atoms with E-state index in [1.807, 2.05) is 6.92 Å². The van der Waals surface area contributed by atoms with Gasteiger partial charge in [0.1, 0.15) is 11.6 Å². The van der Waals surface area contributed by atoms with Crippen LogP contribution in [0.4, 0.5) is 10.1 Å². The molecule has 6 heteroatoms. The quantitative estimate of drug-likeness (QED) is 0.800. The molecule has 0 saturated carbocycles. The number of ether oxygens (including phenoxy) is 1. The van der Waals surface area contributed by atoms with Crippen molar-refractivity contribution in [3.8, 4) is 5.75 Å². The van der Waals surface area contributed by atoms with Gasteiger partial charge in [-0.1, -0.05) is 19.1 Å². The van der Waals surface area contributed by atoms with E-state index in [1.54, 1.807) is 36.4 Å². The van der Waals surface area contributed by atoms with Crippen molar-refractivity contribution in [1.29, 1.82) is 0 Å². The first kappa shape index (κ1) is 17.5. The molecule has 2 N–H and O–H groups in total. The summed E-state index contributed by atoms with van der Waals surface area (Å²) in [6.45, 7) is 2.78. The molecule has 24 heavy (non-hydrogen) atoms. The van der Waals surface area contributed by atoms with Gasteiger partial charge in [-0.3, -0.25) is 9.59 Å². The van der Waals surface area contributed by atoms with Gasteiger partial charge in [-0.2, -0.15) is 0 Å². The minimum Gasteiger partial charge on any atom is -0.494 e. The van der Waals surface area contributed by atoms with E-state index in [0.29, 0.717) is 23.6 Å². The van der Waals surface area contributed by atoms with Gasteiger partial charge in [0.25, 0.3) is 0 Å². The zero-order valence-corrected chi connectivity index (χ0v) is 13.3. The van der Waals surface area contributed by atoms with E-state index < -0.39 is 11.8 Å². The Morgan fingerprint density at radius 2 is 1.67 bits per heavy atom. The van der Waals surface area contributed by atoms with Gasteiger partial charge in [0.05, 0.1) is 6.61 Å². The predicted molar refractivity (Wildman–Crippen MR) is 89.1 cm³/mol. The van der Waals surface area contributed by atoms with Crippen molar-refractivity contribution in [2.24, 2.45) is 0 Å². The fourth-order valence-corrected chi connectivity index (χ4v) is 1.91. The number of hydrogen-bond acceptors (Lipinski definition) is 3. The van der Waals surface area contributed by atoms with E-state index in [-0.39, 0.29) is 12.4 Å². The molecule has 0 heterocycles. The third kappa shape index (κ3) is 5.39. The van der Waals surface area contributed by atoms with Crippen LogP contribution in [0.15, 0.2) is 48.5 Å². The van der Waals surface area contributed by atoms with Gasteiger partial charge < -0.3 is 15.4 Å². The highest BCUT2D eigenvalue weighted by molar-refractivity contribution is 6.39. The van der Waals surface area contributed by atoms with Gasteiger partial charge in [-0.05, 0) is 48.4 Å². The minimum atomic E-state index is -0.765. The van der Waals surface area contributed by atoms with E-state index in [9.17, 15) is 14.0 Å². The number of hydrogen-bond donors (Lipinski definition) is 2. The molecule has 126 valence electrons. The Morgan fingerprint density at radius 3 is 2.29 bits per heavy atom. The fraction of sp³-hybridized carbons (Fsp3) is 0.222. The molecule has 2 aromatic carbocycles. The number of nitrogens with one attached hydrogen (secondary N) is 2. The number of carbonyl (C=O) groups is 2. The van der Waals surface area contributed by atoms with Gasteiger partial charge in [0, 0.05) is 12.2 Å². The van der Waals surface area contributed by atoms with Gasteiger partial charge in [0.2, 0.25) is 0 Å². The molecule has 2 rings (SSSR count). The molecule has 0 bridgehead atoms. The van der Waals surface area contributed by atoms with E-state index in [0.717, 1.165) is 6.42 Å². The van der Waals surface area contributed by atoms with Crippen molar-refractivity contribution in [2.45, 2.75) is 19.9 Å². The van der Waals surface area contributed by atoms with Crippen LogP contribution in [0.25, 0.3) is 0 Å². The van der Waals surface area contributed by atoms with Crippen LogP contribution in [0.3, 0.4) is 0 Å². The number of amides is 2. The molecule has 0 aliphatic rings. The third-order valence-corrected chi connectivity index (χ3v) is 3.16. The van der Waals surface area contributed by atoms with E-state index in [4.69, 9.17) is 4.74 Å². The van der Waals surface area contributed by atoms with Crippen LogP contribution in [-0.4, -0.2) is 18.4 Å². The molecule has 0 fully saturated rings. The summed E-state index contributed by atoms with van der Waals surface area (Å²) in [6, 6.07) is 12.5. The standard InChI is InChI=1S/C18H19FN2O3/c1-2-11-24-16-9-7-15(8-10-16)21-18(23)17(22)20-12-13-3-5-14(19)6-4-13/h3-10H,2,11-12H2,1H3,(H,20,22)(H,21,23). The lowest BCUT2D eigenvalue weighted by atomic mass is 10.2. The van der Waals surface area contributed by atoms with Crippen LogP contribution in [0, 0.1) is 5.82 Å². The molecule has 0 radical (unpaired) electrons. The summed E-state index contributed by atoms with van der Waals surface area (Å²) in [4.78, 5) is 23.6. The summed E-state index contributed by atoms with van der Waals surface area (Å²) < 4.78 is 18.2. The Bertz CT molecular complexity index is 684. The second-order valence-electron chi connectivity index (χ2n) is 5.14. The highest BCUT2D eigenvalue weighted by Crippen LogP contribution is 2.15. The monoisotopic (exact) mass is 330 g/mol. The number of halogens is 1. The summed E-state index contributed by atoms with van der Waals surface area (Å²) in [7, 11) is 0. The van der Waals surface area contributed by atoms with Crippen LogP contribution < -0.4 is 15.4 Å². The second-order valence-corrected chi connectivity index (χ2v) is 5.14. The highest BCUT2D eigenvalue weighted by Gasteiger charge is 2.13. The largest absolute Gasteiger partial charge is 0.494 e. The molecular weight excluding hydrogens is 311 g/mol. The Kier molecular flexibility index (Phi) is 6.31. The second kappa shape index (κ2) is 8.67. The molecule has 0 unspecified atom stereocenters. The third-order valence-electron chi connectivity index (χ3n) is 3.16. The van der Waals surface area contributed by atoms with Crippen molar-refractivity contribution in [1.82, 2.24) is 5.32 Å². The van der Waals surface area contributed by atoms with E-state index >= 15 is 0 Å². The van der Waals surface area contributed by atoms with Gasteiger partial charge in [-0.15, -0.1) is 0 Å². The molecular formula is C18H19FN2O3. The number of benzene rings is 2. The molecule has 2 aromatic rings. The van der Waals surface area contributed by atoms with Crippen molar-refractivity contribution >= 4 is 17.5 Å². The van der Waals surface area contributed by atoms with Crippen LogP contribution in [0.5, 0.6) is 5.75 Å². The normalized spacial score (nSPS) is 10.1. The summed E-state index contributed by atoms with van der Waals surface area (Å²) >= 11 is 0. The molecule has 0 saturated heterocycles. The Labute approximate surface area is 139 Å². The van der Waals surface area contributed by atoms with Crippen molar-refractivity contribution in [3.05, 3.63) is 59.9 Å². The first-order valence-corrected chi connectivity index (χ1v) is 7.65. The van der Waals surface area contributed by atoms with Crippen molar-refractivity contribution < 1.29 is 18.7 Å². The molecule has 2 amide bonds. The van der Waals surface area contributed by atoms with Crippen LogP contribution in [0.2, 0.25) is 0 Å². The maximum Gasteiger partial charge on any atom is 0.313 e. The maximum absolute atomic E-state index is 12.8. The predicted octanol–water partition coefficient (Wildman–Crippen LogP) is 2.87. The number of anilines is 1. The minimum absolute atomic E-state index is 0.149. The van der Waals surface area contributed by atoms with Crippen LogP contribution in [-0.2, 0) is 16.1 Å². The van der Waals surface area contributed by atoms with E-state index in [2.05, 4.69) is 10.6 Å². The number of carbonyl (C=O) groups excluding carboxylic acids is 2. The fourth-order valence-electron chi connectivity index (χ4n) is 1.91. The lowest BCUT2D eigenvalue weighted by molar-refractivity contribution is -0.136. The van der Waals surface area contributed by atoms with Crippen molar-refractivity contribution in [2.75, 3.05) is 11.9 Å². The van der Waals surface area contributed by atoms with Gasteiger partial charge in [0.15, 0.2) is 0 Å². The molecule has 0 aliphatic carbocycles. The smallest absolute Gasteiger partial charge is 0.313 e. The molecule has 5 nitrogen and oxygen atoms in total. The lowest BCUT2D eigenvalue weighted by Crippen LogP contribution is -2.34. The zero-order valence-electron chi connectivity index (χ0n) is 13.3. The number of rotatable bonds is 6. The first-order valence-electron chi connectivity index (χ1n) is 7.65. The highest BCUT2D eigenvalue weighted by atomic mass is 19.1. The molecule has 0 spiro atoms. The van der Waals surface area contributed by atoms with Crippen LogP contribution >= 0.6 is 0 Å². The van der Waals surface area contributed by atoms with Crippen LogP contribution in [0.1, 0.15) is 18.9 Å². The SMILES string of the molecule is CCCOc1ccc(NC(=O)C(=O)NCc2ccc(F)cc2)cc1. The van der Waals surface area contributed by atoms with Gasteiger partial charge >= 0.3 is 11.8 Å². The summed E-state index contributed by atoms with van der Waals surface area (Å²) in [6.07, 6.45) is 0.909. The molecule has 0 aliphatic heterocycles.